The molecule has 0 amide bonds. The zero-order valence-electron chi connectivity index (χ0n) is 8.71. The molecular weight excluding hydrogens is 250 g/mol. The maximum absolute atomic E-state index is 11.6. The van der Waals surface area contributed by atoms with Crippen molar-refractivity contribution in [2.75, 3.05) is 18.6 Å². The van der Waals surface area contributed by atoms with E-state index in [1.54, 1.807) is 0 Å². The lowest BCUT2D eigenvalue weighted by atomic mass is 10.3. The van der Waals surface area contributed by atoms with E-state index in [0.29, 0.717) is 0 Å². The molecule has 1 rings (SSSR count). The lowest BCUT2D eigenvalue weighted by Crippen LogP contribution is -2.27. The fourth-order valence-electron chi connectivity index (χ4n) is 1.05. The number of phenols is 1. The number of benzene rings is 1. The molecule has 0 aliphatic heterocycles. The molecule has 7 heteroatoms. The molecule has 0 bridgehead atoms. The third kappa shape index (κ3) is 3.92. The molecule has 0 aliphatic rings. The van der Waals surface area contributed by atoms with Crippen molar-refractivity contribution in [2.24, 2.45) is 0 Å². The Balaban J connectivity index is 2.74. The quantitative estimate of drug-likeness (QED) is 0.786. The fourth-order valence-corrected chi connectivity index (χ4v) is 2.64. The average molecular weight is 263 g/mol. The zero-order valence-corrected chi connectivity index (χ0v) is 10.3. The molecule has 0 saturated carbocycles. The van der Waals surface area contributed by atoms with Gasteiger partial charge in [0.05, 0.1) is 4.90 Å². The van der Waals surface area contributed by atoms with E-state index in [1.807, 2.05) is 0 Å². The molecule has 5 nitrogen and oxygen atoms in total. The van der Waals surface area contributed by atoms with Crippen LogP contribution >= 0.6 is 0 Å². The predicted octanol–water partition coefficient (Wildman–Crippen LogP) is 0.0490. The first kappa shape index (κ1) is 13.1. The van der Waals surface area contributed by atoms with Gasteiger partial charge in [-0.15, -0.1) is 0 Å². The van der Waals surface area contributed by atoms with Gasteiger partial charge in [0, 0.05) is 29.4 Å². The Hall–Kier alpha value is -0.920. The van der Waals surface area contributed by atoms with Gasteiger partial charge in [0.1, 0.15) is 5.75 Å². The van der Waals surface area contributed by atoms with Crippen LogP contribution in [0.1, 0.15) is 0 Å². The summed E-state index contributed by atoms with van der Waals surface area (Å²) in [7, 11) is -4.66. The predicted molar refractivity (Wildman–Crippen MR) is 62.2 cm³/mol. The SMILES string of the molecule is CS(=O)CCNS(=O)(=O)c1cccc(O)c1. The number of phenolic OH excluding ortho intramolecular Hbond substituents is 1. The van der Waals surface area contributed by atoms with E-state index < -0.39 is 20.8 Å². The highest BCUT2D eigenvalue weighted by atomic mass is 32.2. The van der Waals surface area contributed by atoms with Crippen molar-refractivity contribution in [1.82, 2.24) is 4.72 Å². The van der Waals surface area contributed by atoms with Crippen LogP contribution in [0.4, 0.5) is 0 Å². The van der Waals surface area contributed by atoms with Gasteiger partial charge < -0.3 is 5.11 Å². The Morgan fingerprint density at radius 2 is 2.12 bits per heavy atom. The third-order valence-corrected chi connectivity index (χ3v) is 4.05. The highest BCUT2D eigenvalue weighted by Crippen LogP contribution is 2.15. The molecule has 0 saturated heterocycles. The second kappa shape index (κ2) is 5.42. The normalized spacial score (nSPS) is 13.6. The lowest BCUT2D eigenvalue weighted by Gasteiger charge is -2.05. The number of hydrogen-bond donors (Lipinski definition) is 2. The highest BCUT2D eigenvalue weighted by molar-refractivity contribution is 7.89. The summed E-state index contributed by atoms with van der Waals surface area (Å²) < 4.78 is 36.3. The van der Waals surface area contributed by atoms with Gasteiger partial charge >= 0.3 is 0 Å². The first-order valence-corrected chi connectivity index (χ1v) is 7.71. The minimum Gasteiger partial charge on any atom is -0.508 e. The van der Waals surface area contributed by atoms with Crippen molar-refractivity contribution >= 4 is 20.8 Å². The number of nitrogens with one attached hydrogen (secondary N) is 1. The van der Waals surface area contributed by atoms with E-state index in [4.69, 9.17) is 5.11 Å². The van der Waals surface area contributed by atoms with E-state index in [-0.39, 0.29) is 22.9 Å². The largest absolute Gasteiger partial charge is 0.508 e. The molecule has 16 heavy (non-hydrogen) atoms. The summed E-state index contributed by atoms with van der Waals surface area (Å²) in [6.07, 6.45) is 1.50. The van der Waals surface area contributed by atoms with Crippen LogP contribution in [0, 0.1) is 0 Å². The summed E-state index contributed by atoms with van der Waals surface area (Å²) >= 11 is 0. The summed E-state index contributed by atoms with van der Waals surface area (Å²) in [5.74, 6) is 0.153. The minimum atomic E-state index is -3.62. The lowest BCUT2D eigenvalue weighted by molar-refractivity contribution is 0.473. The summed E-state index contributed by atoms with van der Waals surface area (Å²) in [6, 6.07) is 5.37. The smallest absolute Gasteiger partial charge is 0.240 e. The molecule has 1 aromatic carbocycles. The van der Waals surface area contributed by atoms with Crippen molar-refractivity contribution in [2.45, 2.75) is 4.90 Å². The Morgan fingerprint density at radius 3 is 2.69 bits per heavy atom. The molecule has 1 aromatic rings. The molecule has 0 aliphatic carbocycles. The van der Waals surface area contributed by atoms with Crippen molar-refractivity contribution in [3.05, 3.63) is 24.3 Å². The van der Waals surface area contributed by atoms with E-state index >= 15 is 0 Å². The fraction of sp³-hybridized carbons (Fsp3) is 0.333. The Bertz CT molecular complexity index is 484. The Kier molecular flexibility index (Phi) is 4.45. The third-order valence-electron chi connectivity index (χ3n) is 1.81. The molecule has 0 heterocycles. The van der Waals surface area contributed by atoms with Gasteiger partial charge in [0.2, 0.25) is 10.0 Å². The van der Waals surface area contributed by atoms with Crippen LogP contribution in [0.5, 0.6) is 5.75 Å². The summed E-state index contributed by atoms with van der Waals surface area (Å²) in [6.45, 7) is 0.112. The maximum atomic E-state index is 11.6. The molecule has 2 N–H and O–H groups in total. The Labute approximate surface area is 97.0 Å². The molecule has 0 fully saturated rings. The molecular formula is C9H13NO4S2. The first-order valence-electron chi connectivity index (χ1n) is 4.50. The van der Waals surface area contributed by atoms with Crippen LogP contribution in [-0.2, 0) is 20.8 Å². The number of hydrogen-bond acceptors (Lipinski definition) is 4. The van der Waals surface area contributed by atoms with Gasteiger partial charge in [-0.2, -0.15) is 0 Å². The monoisotopic (exact) mass is 263 g/mol. The number of sulfonamides is 1. The second-order valence-corrected chi connectivity index (χ2v) is 6.49. The van der Waals surface area contributed by atoms with Crippen LogP contribution in [0.15, 0.2) is 29.2 Å². The molecule has 1 unspecified atom stereocenters. The minimum absolute atomic E-state index is 0.00520. The van der Waals surface area contributed by atoms with E-state index in [0.717, 1.165) is 6.07 Å². The van der Waals surface area contributed by atoms with Gasteiger partial charge in [-0.3, -0.25) is 4.21 Å². The van der Waals surface area contributed by atoms with Crippen LogP contribution < -0.4 is 4.72 Å². The van der Waals surface area contributed by atoms with E-state index in [1.165, 1.54) is 24.5 Å². The van der Waals surface area contributed by atoms with Crippen molar-refractivity contribution in [1.29, 1.82) is 0 Å². The summed E-state index contributed by atoms with van der Waals surface area (Å²) in [5.41, 5.74) is 0. The van der Waals surface area contributed by atoms with Gasteiger partial charge in [0.15, 0.2) is 0 Å². The first-order chi connectivity index (χ1) is 7.42. The van der Waals surface area contributed by atoms with Gasteiger partial charge in [-0.05, 0) is 18.2 Å². The highest BCUT2D eigenvalue weighted by Gasteiger charge is 2.13. The topological polar surface area (TPSA) is 83.5 Å². The van der Waals surface area contributed by atoms with Crippen LogP contribution in [-0.4, -0.2) is 36.3 Å². The van der Waals surface area contributed by atoms with Crippen molar-refractivity contribution in [3.63, 3.8) is 0 Å². The van der Waals surface area contributed by atoms with Crippen molar-refractivity contribution < 1.29 is 17.7 Å². The Morgan fingerprint density at radius 1 is 1.44 bits per heavy atom. The van der Waals surface area contributed by atoms with E-state index in [9.17, 15) is 12.6 Å². The van der Waals surface area contributed by atoms with Crippen LogP contribution in [0.25, 0.3) is 0 Å². The molecule has 1 atom stereocenters. The van der Waals surface area contributed by atoms with E-state index in [2.05, 4.69) is 4.72 Å². The number of rotatable bonds is 5. The van der Waals surface area contributed by atoms with Crippen LogP contribution in [0.2, 0.25) is 0 Å². The molecule has 0 radical (unpaired) electrons. The standard InChI is InChI=1S/C9H13NO4S2/c1-15(12)6-5-10-16(13,14)9-4-2-3-8(11)7-9/h2-4,7,10-11H,5-6H2,1H3. The number of aromatic hydroxyl groups is 1. The van der Waals surface area contributed by atoms with Crippen LogP contribution in [0.3, 0.4) is 0 Å². The van der Waals surface area contributed by atoms with Gasteiger partial charge in [-0.25, -0.2) is 13.1 Å². The van der Waals surface area contributed by atoms with Crippen molar-refractivity contribution in [3.8, 4) is 5.75 Å². The van der Waals surface area contributed by atoms with Gasteiger partial charge in [0.25, 0.3) is 0 Å². The molecule has 90 valence electrons. The summed E-state index contributed by atoms with van der Waals surface area (Å²) in [5, 5.41) is 9.15. The maximum Gasteiger partial charge on any atom is 0.240 e. The summed E-state index contributed by atoms with van der Waals surface area (Å²) in [4.78, 5) is -0.00520. The molecule has 0 aromatic heterocycles. The molecule has 0 spiro atoms. The average Bonchev–Trinajstić information content (AvgIpc) is 2.16. The zero-order chi connectivity index (χ0) is 12.2. The van der Waals surface area contributed by atoms with Gasteiger partial charge in [-0.1, -0.05) is 6.07 Å². The second-order valence-electron chi connectivity index (χ2n) is 3.17.